The van der Waals surface area contributed by atoms with Gasteiger partial charge in [0.05, 0.1) is 64.3 Å². The van der Waals surface area contributed by atoms with Gasteiger partial charge in [-0.05, 0) is 25.1 Å². The van der Waals surface area contributed by atoms with Crippen LogP contribution in [0.3, 0.4) is 0 Å². The number of fused-ring (bicyclic) bond motifs is 2. The Balaban J connectivity index is 1.55. The van der Waals surface area contributed by atoms with Gasteiger partial charge < -0.3 is 14.6 Å². The first-order valence-corrected chi connectivity index (χ1v) is 13.0. The Morgan fingerprint density at radius 2 is 1.82 bits per heavy atom. The van der Waals surface area contributed by atoms with E-state index in [1.807, 2.05) is 35.2 Å². The lowest BCUT2D eigenvalue weighted by Crippen LogP contribution is -2.58. The van der Waals surface area contributed by atoms with E-state index in [1.54, 1.807) is 65.9 Å². The molecule has 4 aromatic heterocycles. The molecule has 6 aromatic rings. The van der Waals surface area contributed by atoms with Gasteiger partial charge in [-0.3, -0.25) is 18.4 Å². The van der Waals surface area contributed by atoms with Crippen LogP contribution in [0.4, 0.5) is 10.1 Å². The monoisotopic (exact) mass is 541 g/mol. The van der Waals surface area contributed by atoms with Crippen LogP contribution in [0, 0.1) is 5.82 Å². The number of aryl methyl sites for hydroxylation is 4. The highest BCUT2D eigenvalue weighted by atomic mass is 19.1. The van der Waals surface area contributed by atoms with Gasteiger partial charge in [0.15, 0.2) is 5.82 Å². The number of rotatable bonds is 4. The lowest BCUT2D eigenvalue weighted by atomic mass is 9.99. The molecule has 40 heavy (non-hydrogen) atoms. The SMILES string of the molecule is C[C@H]1[C@H](O)CN1c1cc(-n2c(-c3cncn3C)nc3cc(-c4cnn(C)c4)c(F)cc32)cc2c1n(C)c(=O)n2C. The molecule has 11 nitrogen and oxygen atoms in total. The third kappa shape index (κ3) is 3.32. The van der Waals surface area contributed by atoms with Gasteiger partial charge in [0.1, 0.15) is 11.5 Å². The Hall–Kier alpha value is -4.71. The highest BCUT2D eigenvalue weighted by Crippen LogP contribution is 2.38. The van der Waals surface area contributed by atoms with E-state index in [0.717, 1.165) is 22.4 Å². The van der Waals surface area contributed by atoms with Crippen molar-refractivity contribution in [2.75, 3.05) is 11.4 Å². The van der Waals surface area contributed by atoms with E-state index in [4.69, 9.17) is 4.98 Å². The Morgan fingerprint density at radius 3 is 2.48 bits per heavy atom. The van der Waals surface area contributed by atoms with Gasteiger partial charge >= 0.3 is 5.69 Å². The second-order valence-corrected chi connectivity index (χ2v) is 10.6. The van der Waals surface area contributed by atoms with E-state index in [9.17, 15) is 9.90 Å². The van der Waals surface area contributed by atoms with Crippen molar-refractivity contribution in [3.63, 3.8) is 0 Å². The Bertz CT molecular complexity index is 2020. The minimum absolute atomic E-state index is 0.121. The number of nitrogens with zero attached hydrogens (tertiary/aromatic N) is 9. The van der Waals surface area contributed by atoms with Crippen LogP contribution in [0.15, 0.2) is 54.0 Å². The first kappa shape index (κ1) is 24.3. The van der Waals surface area contributed by atoms with Crippen LogP contribution in [0.25, 0.3) is 50.4 Å². The summed E-state index contributed by atoms with van der Waals surface area (Å²) in [5.74, 6) is 0.187. The summed E-state index contributed by atoms with van der Waals surface area (Å²) in [6, 6.07) is 7.02. The zero-order chi connectivity index (χ0) is 28.0. The van der Waals surface area contributed by atoms with Crippen molar-refractivity contribution in [2.45, 2.75) is 19.1 Å². The summed E-state index contributed by atoms with van der Waals surface area (Å²) >= 11 is 0. The average molecular weight is 542 g/mol. The minimum atomic E-state index is -0.460. The molecule has 0 unspecified atom stereocenters. The van der Waals surface area contributed by atoms with Crippen molar-refractivity contribution < 1.29 is 9.50 Å². The molecule has 0 aliphatic carbocycles. The van der Waals surface area contributed by atoms with Gasteiger partial charge in [0, 0.05) is 58.1 Å². The molecule has 0 saturated carbocycles. The smallest absolute Gasteiger partial charge is 0.328 e. The summed E-state index contributed by atoms with van der Waals surface area (Å²) in [6.45, 7) is 2.40. The first-order chi connectivity index (χ1) is 19.1. The molecule has 7 rings (SSSR count). The van der Waals surface area contributed by atoms with Crippen molar-refractivity contribution >= 4 is 27.8 Å². The van der Waals surface area contributed by atoms with Crippen LogP contribution in [-0.4, -0.2) is 61.8 Å². The molecule has 2 atom stereocenters. The number of hydrogen-bond acceptors (Lipinski definition) is 6. The van der Waals surface area contributed by atoms with E-state index < -0.39 is 11.9 Å². The molecule has 1 fully saturated rings. The van der Waals surface area contributed by atoms with Crippen LogP contribution in [0.1, 0.15) is 6.92 Å². The van der Waals surface area contributed by atoms with Crippen molar-refractivity contribution in [2.24, 2.45) is 28.2 Å². The van der Waals surface area contributed by atoms with E-state index in [-0.39, 0.29) is 11.7 Å². The van der Waals surface area contributed by atoms with Crippen LogP contribution >= 0.6 is 0 Å². The maximum atomic E-state index is 15.7. The second-order valence-electron chi connectivity index (χ2n) is 10.6. The molecule has 0 amide bonds. The molecular formula is C28H28FN9O2. The summed E-state index contributed by atoms with van der Waals surface area (Å²) in [6.07, 6.45) is 6.35. The van der Waals surface area contributed by atoms with Gasteiger partial charge in [0.25, 0.3) is 0 Å². The first-order valence-electron chi connectivity index (χ1n) is 13.0. The van der Waals surface area contributed by atoms with Crippen LogP contribution in [0.2, 0.25) is 0 Å². The molecule has 0 spiro atoms. The van der Waals surface area contributed by atoms with Crippen molar-refractivity contribution in [3.05, 3.63) is 65.5 Å². The van der Waals surface area contributed by atoms with Gasteiger partial charge in [-0.1, -0.05) is 0 Å². The van der Waals surface area contributed by atoms with Crippen LogP contribution in [-0.2, 0) is 28.2 Å². The lowest BCUT2D eigenvalue weighted by Gasteiger charge is -2.45. The molecule has 5 heterocycles. The number of β-amino-alcohol motifs (C(OH)–C–C–N with tert-alkyl or cyclic N) is 1. The second kappa shape index (κ2) is 8.39. The van der Waals surface area contributed by atoms with E-state index in [0.29, 0.717) is 40.2 Å². The fourth-order valence-corrected chi connectivity index (χ4v) is 5.75. The van der Waals surface area contributed by atoms with E-state index in [2.05, 4.69) is 15.0 Å². The number of hydrogen-bond donors (Lipinski definition) is 1. The molecular weight excluding hydrogens is 513 g/mol. The summed E-state index contributed by atoms with van der Waals surface area (Å²) in [7, 11) is 7.16. The van der Waals surface area contributed by atoms with Gasteiger partial charge in [-0.25, -0.2) is 19.2 Å². The van der Waals surface area contributed by atoms with Crippen LogP contribution in [0.5, 0.6) is 0 Å². The summed E-state index contributed by atoms with van der Waals surface area (Å²) in [5, 5.41) is 14.5. The molecule has 1 aliphatic rings. The number of imidazole rings is 3. The summed E-state index contributed by atoms with van der Waals surface area (Å²) < 4.78 is 24.3. The van der Waals surface area contributed by atoms with Gasteiger partial charge in [-0.15, -0.1) is 0 Å². The maximum Gasteiger partial charge on any atom is 0.328 e. The molecule has 1 N–H and O–H groups in total. The maximum absolute atomic E-state index is 15.7. The van der Waals surface area contributed by atoms with Crippen molar-refractivity contribution in [1.82, 2.24) is 38.0 Å². The molecule has 1 saturated heterocycles. The normalized spacial score (nSPS) is 17.3. The zero-order valence-electron chi connectivity index (χ0n) is 22.7. The summed E-state index contributed by atoms with van der Waals surface area (Å²) in [4.78, 5) is 24.4. The quantitative estimate of drug-likeness (QED) is 0.368. The zero-order valence-corrected chi connectivity index (χ0v) is 22.7. The minimum Gasteiger partial charge on any atom is -0.389 e. The van der Waals surface area contributed by atoms with Crippen LogP contribution < -0.4 is 10.6 Å². The summed E-state index contributed by atoms with van der Waals surface area (Å²) in [5.41, 5.74) is 5.86. The fourth-order valence-electron chi connectivity index (χ4n) is 5.75. The van der Waals surface area contributed by atoms with Gasteiger partial charge in [0.2, 0.25) is 0 Å². The lowest BCUT2D eigenvalue weighted by molar-refractivity contribution is 0.0996. The van der Waals surface area contributed by atoms with Crippen molar-refractivity contribution in [3.8, 4) is 28.3 Å². The highest BCUT2D eigenvalue weighted by molar-refractivity contribution is 5.94. The number of aliphatic hydroxyl groups is 1. The molecule has 12 heteroatoms. The average Bonchev–Trinajstić information content (AvgIpc) is 3.69. The molecule has 0 radical (unpaired) electrons. The van der Waals surface area contributed by atoms with E-state index in [1.165, 1.54) is 6.07 Å². The Kier molecular flexibility index (Phi) is 5.11. The predicted octanol–water partition coefficient (Wildman–Crippen LogP) is 2.73. The van der Waals surface area contributed by atoms with Crippen molar-refractivity contribution in [1.29, 1.82) is 0 Å². The molecule has 0 bridgehead atoms. The number of halogens is 1. The number of aliphatic hydroxyl groups excluding tert-OH is 1. The molecule has 204 valence electrons. The number of aromatic nitrogens is 8. The van der Waals surface area contributed by atoms with Gasteiger partial charge in [-0.2, -0.15) is 5.10 Å². The molecule has 2 aromatic carbocycles. The third-order valence-electron chi connectivity index (χ3n) is 8.13. The standard InChI is InChI=1S/C28H28FN9O2/c1-15-25(39)13-37(15)23-7-17(6-22-26(23)36(5)28(40)35(22)4)38-21-9-19(29)18(16-10-31-34(3)12-16)8-20(21)32-27(38)24-11-30-14-33(24)2/h6-12,14-15,25,39H,13H2,1-5H3/t15-,25+/m0/s1. The topological polar surface area (TPSA) is 104 Å². The highest BCUT2D eigenvalue weighted by Gasteiger charge is 2.36. The number of benzene rings is 2. The Labute approximate surface area is 227 Å². The fraction of sp³-hybridized carbons (Fsp3) is 0.286. The van der Waals surface area contributed by atoms with E-state index >= 15 is 4.39 Å². The largest absolute Gasteiger partial charge is 0.389 e. The number of anilines is 1. The molecule has 1 aliphatic heterocycles. The third-order valence-corrected chi connectivity index (χ3v) is 8.13. The predicted molar refractivity (Wildman–Crippen MR) is 150 cm³/mol. The Morgan fingerprint density at radius 1 is 1.02 bits per heavy atom.